The second-order valence-corrected chi connectivity index (χ2v) is 7.72. The van der Waals surface area contributed by atoms with E-state index in [9.17, 15) is 13.2 Å². The third kappa shape index (κ3) is 2.70. The molecule has 1 aliphatic heterocycles. The lowest BCUT2D eigenvalue weighted by atomic mass is 10.2. The lowest BCUT2D eigenvalue weighted by molar-refractivity contribution is 0.346. The fourth-order valence-electron chi connectivity index (χ4n) is 3.03. The Morgan fingerprint density at radius 2 is 1.87 bits per heavy atom. The molecule has 1 saturated heterocycles. The van der Waals surface area contributed by atoms with E-state index in [-0.39, 0.29) is 10.5 Å². The molecule has 3 heterocycles. The van der Waals surface area contributed by atoms with Gasteiger partial charge in [-0.25, -0.2) is 13.1 Å². The molecule has 0 atom stereocenters. The van der Waals surface area contributed by atoms with Gasteiger partial charge in [0.15, 0.2) is 0 Å². The van der Waals surface area contributed by atoms with E-state index in [1.165, 1.54) is 21.3 Å². The van der Waals surface area contributed by atoms with Crippen molar-refractivity contribution >= 4 is 15.5 Å². The van der Waals surface area contributed by atoms with Crippen LogP contribution in [0.25, 0.3) is 5.52 Å². The molecular formula is C15H22N4O3S. The standard InChI is InChI=1S/C15H22N4O3S/c1-3-14-16-19(4-2)15(20)13-10-12(11-18(13)14)23(21,22)17-8-6-5-7-9-17/h10-11H,3-9H2,1-2H3. The smallest absolute Gasteiger partial charge is 0.291 e. The van der Waals surface area contributed by atoms with Gasteiger partial charge in [-0.2, -0.15) is 9.40 Å². The summed E-state index contributed by atoms with van der Waals surface area (Å²) in [5.74, 6) is 0.682. The Labute approximate surface area is 135 Å². The first-order valence-electron chi connectivity index (χ1n) is 8.11. The summed E-state index contributed by atoms with van der Waals surface area (Å²) in [6.45, 7) is 5.34. The molecule has 1 aliphatic rings. The maximum atomic E-state index is 12.8. The van der Waals surface area contributed by atoms with E-state index in [2.05, 4.69) is 5.10 Å². The molecule has 0 saturated carbocycles. The van der Waals surface area contributed by atoms with Gasteiger partial charge < -0.3 is 0 Å². The number of piperidine rings is 1. The van der Waals surface area contributed by atoms with Crippen molar-refractivity contribution in [1.82, 2.24) is 18.5 Å². The summed E-state index contributed by atoms with van der Waals surface area (Å²) in [7, 11) is -3.55. The highest BCUT2D eigenvalue weighted by atomic mass is 32.2. The molecular weight excluding hydrogens is 316 g/mol. The Kier molecular flexibility index (Phi) is 4.29. The third-order valence-corrected chi connectivity index (χ3v) is 6.20. The molecule has 3 rings (SSSR count). The van der Waals surface area contributed by atoms with E-state index in [1.807, 2.05) is 13.8 Å². The van der Waals surface area contributed by atoms with Gasteiger partial charge in [0.25, 0.3) is 5.56 Å². The van der Waals surface area contributed by atoms with Gasteiger partial charge in [-0.3, -0.25) is 9.20 Å². The second kappa shape index (κ2) is 6.09. The fraction of sp³-hybridized carbons (Fsp3) is 0.600. The monoisotopic (exact) mass is 338 g/mol. The molecule has 8 heteroatoms. The van der Waals surface area contributed by atoms with E-state index < -0.39 is 10.0 Å². The van der Waals surface area contributed by atoms with Crippen molar-refractivity contribution in [2.45, 2.75) is 51.0 Å². The number of hydrogen-bond donors (Lipinski definition) is 0. The fourth-order valence-corrected chi connectivity index (χ4v) is 4.57. The average Bonchev–Trinajstić information content (AvgIpc) is 3.03. The van der Waals surface area contributed by atoms with Crippen LogP contribution in [0.15, 0.2) is 22.0 Å². The molecule has 0 aliphatic carbocycles. The van der Waals surface area contributed by atoms with Crippen LogP contribution in [-0.2, 0) is 23.0 Å². The Hall–Kier alpha value is -1.67. The van der Waals surface area contributed by atoms with Gasteiger partial charge in [0, 0.05) is 32.3 Å². The Morgan fingerprint density at radius 3 is 2.48 bits per heavy atom. The van der Waals surface area contributed by atoms with Crippen molar-refractivity contribution in [3.05, 3.63) is 28.4 Å². The van der Waals surface area contributed by atoms with E-state index in [0.717, 1.165) is 19.3 Å². The Morgan fingerprint density at radius 1 is 1.17 bits per heavy atom. The maximum absolute atomic E-state index is 12.8. The van der Waals surface area contributed by atoms with Crippen LogP contribution in [0.2, 0.25) is 0 Å². The number of fused-ring (bicyclic) bond motifs is 1. The van der Waals surface area contributed by atoms with Crippen LogP contribution in [0.3, 0.4) is 0 Å². The Balaban J connectivity index is 2.16. The summed E-state index contributed by atoms with van der Waals surface area (Å²) in [6.07, 6.45) is 4.99. The van der Waals surface area contributed by atoms with E-state index in [1.54, 1.807) is 4.40 Å². The normalized spacial score (nSPS) is 17.0. The largest absolute Gasteiger partial charge is 0.297 e. The predicted octanol–water partition coefficient (Wildman–Crippen LogP) is 1.25. The summed E-state index contributed by atoms with van der Waals surface area (Å²) < 4.78 is 30.1. The first kappa shape index (κ1) is 16.2. The van der Waals surface area contributed by atoms with Crippen molar-refractivity contribution in [1.29, 1.82) is 0 Å². The molecule has 2 aromatic heterocycles. The van der Waals surface area contributed by atoms with Gasteiger partial charge in [-0.15, -0.1) is 0 Å². The summed E-state index contributed by atoms with van der Waals surface area (Å²) in [4.78, 5) is 12.6. The highest BCUT2D eigenvalue weighted by Gasteiger charge is 2.28. The first-order valence-corrected chi connectivity index (χ1v) is 9.55. The predicted molar refractivity (Wildman–Crippen MR) is 87.1 cm³/mol. The number of sulfonamides is 1. The van der Waals surface area contributed by atoms with E-state index >= 15 is 0 Å². The second-order valence-electron chi connectivity index (χ2n) is 5.79. The summed E-state index contributed by atoms with van der Waals surface area (Å²) in [6, 6.07) is 1.49. The number of hydrogen-bond acceptors (Lipinski definition) is 4. The minimum absolute atomic E-state index is 0.182. The lowest BCUT2D eigenvalue weighted by Gasteiger charge is -2.25. The lowest BCUT2D eigenvalue weighted by Crippen LogP contribution is -2.35. The zero-order valence-corrected chi connectivity index (χ0v) is 14.3. The molecule has 1 fully saturated rings. The quantitative estimate of drug-likeness (QED) is 0.841. The molecule has 0 bridgehead atoms. The number of nitrogens with zero attached hydrogens (tertiary/aromatic N) is 4. The van der Waals surface area contributed by atoms with Crippen molar-refractivity contribution in [2.24, 2.45) is 0 Å². The first-order chi connectivity index (χ1) is 11.0. The van der Waals surface area contributed by atoms with Gasteiger partial charge in [-0.05, 0) is 25.8 Å². The summed E-state index contributed by atoms with van der Waals surface area (Å²) >= 11 is 0. The van der Waals surface area contributed by atoms with Crippen molar-refractivity contribution < 1.29 is 8.42 Å². The molecule has 0 N–H and O–H groups in total. The number of aromatic nitrogens is 3. The summed E-state index contributed by atoms with van der Waals surface area (Å²) in [5.41, 5.74) is 0.110. The van der Waals surface area contributed by atoms with Crippen LogP contribution in [0, 0.1) is 0 Å². The highest BCUT2D eigenvalue weighted by Crippen LogP contribution is 2.22. The molecule has 0 amide bonds. The van der Waals surface area contributed by atoms with Crippen molar-refractivity contribution in [3.63, 3.8) is 0 Å². The van der Waals surface area contributed by atoms with Gasteiger partial charge in [0.05, 0.1) is 0 Å². The molecule has 126 valence electrons. The Bertz CT molecular complexity index is 876. The zero-order chi connectivity index (χ0) is 16.6. The molecule has 0 spiro atoms. The molecule has 0 radical (unpaired) electrons. The molecule has 7 nitrogen and oxygen atoms in total. The van der Waals surface area contributed by atoms with Crippen LogP contribution in [-0.4, -0.2) is 40.0 Å². The van der Waals surface area contributed by atoms with Gasteiger partial charge in [0.2, 0.25) is 10.0 Å². The third-order valence-electron chi connectivity index (χ3n) is 4.33. The topological polar surface area (TPSA) is 76.7 Å². The van der Waals surface area contributed by atoms with Gasteiger partial charge in [0.1, 0.15) is 16.2 Å². The van der Waals surface area contributed by atoms with Crippen molar-refractivity contribution in [3.8, 4) is 0 Å². The SMILES string of the molecule is CCc1nn(CC)c(=O)c2cc(S(=O)(=O)N3CCCCC3)cn12. The van der Waals surface area contributed by atoms with E-state index in [4.69, 9.17) is 0 Å². The van der Waals surface area contributed by atoms with Crippen molar-refractivity contribution in [2.75, 3.05) is 13.1 Å². The molecule has 23 heavy (non-hydrogen) atoms. The van der Waals surface area contributed by atoms with Crippen LogP contribution in [0.5, 0.6) is 0 Å². The van der Waals surface area contributed by atoms with E-state index in [0.29, 0.717) is 37.4 Å². The zero-order valence-electron chi connectivity index (χ0n) is 13.5. The average molecular weight is 338 g/mol. The minimum Gasteiger partial charge on any atom is -0.297 e. The minimum atomic E-state index is -3.55. The maximum Gasteiger partial charge on any atom is 0.291 e. The van der Waals surface area contributed by atoms with Crippen LogP contribution >= 0.6 is 0 Å². The van der Waals surface area contributed by atoms with Gasteiger partial charge >= 0.3 is 0 Å². The molecule has 0 unspecified atom stereocenters. The van der Waals surface area contributed by atoms with Crippen LogP contribution in [0.4, 0.5) is 0 Å². The molecule has 0 aromatic carbocycles. The number of rotatable bonds is 4. The number of aryl methyl sites for hydroxylation is 2. The summed E-state index contributed by atoms with van der Waals surface area (Å²) in [5, 5.41) is 4.30. The van der Waals surface area contributed by atoms with Crippen LogP contribution in [0.1, 0.15) is 38.9 Å². The van der Waals surface area contributed by atoms with Gasteiger partial charge in [-0.1, -0.05) is 13.3 Å². The highest BCUT2D eigenvalue weighted by molar-refractivity contribution is 7.89. The molecule has 2 aromatic rings. The van der Waals surface area contributed by atoms with Crippen LogP contribution < -0.4 is 5.56 Å².